The Kier molecular flexibility index (Phi) is 7.21. The van der Waals surface area contributed by atoms with Crippen LogP contribution in [0.5, 0.6) is 5.75 Å². The van der Waals surface area contributed by atoms with E-state index in [0.717, 1.165) is 38.9 Å². The van der Waals surface area contributed by atoms with Gasteiger partial charge in [-0.05, 0) is 97.0 Å². The van der Waals surface area contributed by atoms with Crippen LogP contribution in [0.4, 0.5) is 0 Å². The highest BCUT2D eigenvalue weighted by molar-refractivity contribution is 8.14. The summed E-state index contributed by atoms with van der Waals surface area (Å²) in [6, 6.07) is 11.6. The quantitative estimate of drug-likeness (QED) is 0.288. The molecule has 0 radical (unpaired) electrons. The zero-order valence-corrected chi connectivity index (χ0v) is 16.6. The van der Waals surface area contributed by atoms with Gasteiger partial charge in [0, 0.05) is 9.79 Å². The van der Waals surface area contributed by atoms with E-state index in [4.69, 9.17) is 4.74 Å². The third kappa shape index (κ3) is 5.98. The second-order valence-electron chi connectivity index (χ2n) is 5.64. The third-order valence-corrected chi connectivity index (χ3v) is 5.47. The van der Waals surface area contributed by atoms with Crippen molar-refractivity contribution in [2.75, 3.05) is 0 Å². The number of thioether (sulfide) groups is 2. The van der Waals surface area contributed by atoms with E-state index in [2.05, 4.69) is 13.2 Å². The Bertz CT molecular complexity index is 914. The number of carbonyl (C=O) groups is 3. The van der Waals surface area contributed by atoms with Crippen LogP contribution in [0.1, 0.15) is 22.8 Å². The van der Waals surface area contributed by atoms with E-state index in [1.807, 2.05) is 6.92 Å². The number of ether oxygens (including phenoxy) is 1. The topological polar surface area (TPSA) is 60.4 Å². The molecule has 138 valence electrons. The molecule has 0 aliphatic rings. The highest BCUT2D eigenvalue weighted by Crippen LogP contribution is 2.28. The number of rotatable bonds is 6. The molecule has 0 atom stereocenters. The normalized spacial score (nSPS) is 10.1. The first-order valence-corrected chi connectivity index (χ1v) is 9.58. The van der Waals surface area contributed by atoms with E-state index < -0.39 is 5.97 Å². The summed E-state index contributed by atoms with van der Waals surface area (Å²) in [5.74, 6) is -0.107. The molecule has 0 aromatic heterocycles. The van der Waals surface area contributed by atoms with Gasteiger partial charge in [0.2, 0.25) is 10.2 Å². The highest BCUT2D eigenvalue weighted by atomic mass is 32.2. The van der Waals surface area contributed by atoms with Crippen molar-refractivity contribution < 1.29 is 19.1 Å². The molecular weight excluding hydrogens is 380 g/mol. The molecule has 4 nitrogen and oxygen atoms in total. The van der Waals surface area contributed by atoms with Crippen molar-refractivity contribution >= 4 is 39.7 Å². The van der Waals surface area contributed by atoms with Crippen LogP contribution in [0.3, 0.4) is 0 Å². The van der Waals surface area contributed by atoms with Crippen LogP contribution in [-0.2, 0) is 9.59 Å². The number of carbonyl (C=O) groups excluding carboxylic acids is 3. The number of aryl methyl sites for hydroxylation is 1. The number of esters is 1. The second-order valence-corrected chi connectivity index (χ2v) is 7.73. The molecule has 0 saturated heterocycles. The Balaban J connectivity index is 2.06. The summed E-state index contributed by atoms with van der Waals surface area (Å²) in [5, 5.41) is -0.264. The molecule has 0 fully saturated rings. The average Bonchev–Trinajstić information content (AvgIpc) is 2.64. The van der Waals surface area contributed by atoms with Crippen molar-refractivity contribution in [2.24, 2.45) is 0 Å². The maximum atomic E-state index is 12.3. The van der Waals surface area contributed by atoms with E-state index in [9.17, 15) is 14.4 Å². The lowest BCUT2D eigenvalue weighted by Crippen LogP contribution is -2.08. The maximum Gasteiger partial charge on any atom is 0.343 e. The first-order chi connectivity index (χ1) is 12.8. The van der Waals surface area contributed by atoms with Gasteiger partial charge in [-0.25, -0.2) is 4.79 Å². The summed E-state index contributed by atoms with van der Waals surface area (Å²) in [4.78, 5) is 36.9. The molecule has 0 aliphatic carbocycles. The summed E-state index contributed by atoms with van der Waals surface area (Å²) in [6.45, 7) is 10.6. The fraction of sp³-hybridized carbons (Fsp3) is 0.0952. The van der Waals surface area contributed by atoms with E-state index in [-0.39, 0.29) is 10.2 Å². The third-order valence-electron chi connectivity index (χ3n) is 3.38. The zero-order chi connectivity index (χ0) is 20.0. The van der Waals surface area contributed by atoms with E-state index in [0.29, 0.717) is 16.9 Å². The highest BCUT2D eigenvalue weighted by Gasteiger charge is 2.12. The molecule has 0 heterocycles. The molecule has 0 N–H and O–H groups in total. The summed E-state index contributed by atoms with van der Waals surface area (Å²) in [5.41, 5.74) is 1.68. The van der Waals surface area contributed by atoms with Crippen LogP contribution < -0.4 is 4.74 Å². The molecule has 27 heavy (non-hydrogen) atoms. The summed E-state index contributed by atoms with van der Waals surface area (Å²) in [6.07, 6.45) is 1.24. The lowest BCUT2D eigenvalue weighted by atomic mass is 10.2. The minimum atomic E-state index is -0.501. The molecule has 0 bridgehead atoms. The molecule has 0 unspecified atom stereocenters. The van der Waals surface area contributed by atoms with Crippen molar-refractivity contribution in [2.45, 2.75) is 23.6 Å². The van der Waals surface area contributed by atoms with Gasteiger partial charge in [-0.1, -0.05) is 13.2 Å². The van der Waals surface area contributed by atoms with Gasteiger partial charge in [0.05, 0.1) is 5.56 Å². The first-order valence-electron chi connectivity index (χ1n) is 7.95. The Labute approximate surface area is 166 Å². The van der Waals surface area contributed by atoms with Gasteiger partial charge in [0.1, 0.15) is 5.75 Å². The molecule has 0 aliphatic heterocycles. The van der Waals surface area contributed by atoms with Crippen LogP contribution in [-0.4, -0.2) is 16.2 Å². The minimum Gasteiger partial charge on any atom is -0.423 e. The van der Waals surface area contributed by atoms with Crippen molar-refractivity contribution in [3.63, 3.8) is 0 Å². The van der Waals surface area contributed by atoms with Gasteiger partial charge in [0.25, 0.3) is 0 Å². The Morgan fingerprint density at radius 1 is 1.04 bits per heavy atom. The smallest absolute Gasteiger partial charge is 0.343 e. The maximum absolute atomic E-state index is 12.3. The van der Waals surface area contributed by atoms with Crippen LogP contribution in [0.15, 0.2) is 77.1 Å². The van der Waals surface area contributed by atoms with Crippen molar-refractivity contribution in [3.8, 4) is 5.75 Å². The van der Waals surface area contributed by atoms with Gasteiger partial charge in [-0.2, -0.15) is 0 Å². The summed E-state index contributed by atoms with van der Waals surface area (Å²) >= 11 is 2.13. The van der Waals surface area contributed by atoms with Crippen molar-refractivity contribution in [1.29, 1.82) is 0 Å². The van der Waals surface area contributed by atoms with Gasteiger partial charge in [-0.15, -0.1) is 0 Å². The fourth-order valence-corrected chi connectivity index (χ4v) is 3.29. The van der Waals surface area contributed by atoms with Crippen LogP contribution in [0.2, 0.25) is 0 Å². The van der Waals surface area contributed by atoms with Crippen molar-refractivity contribution in [1.82, 2.24) is 0 Å². The summed E-state index contributed by atoms with van der Waals surface area (Å²) in [7, 11) is 0. The van der Waals surface area contributed by atoms with Gasteiger partial charge in [0.15, 0.2) is 0 Å². The number of hydrogen-bond acceptors (Lipinski definition) is 6. The molecule has 0 amide bonds. The second kappa shape index (κ2) is 9.39. The SMILES string of the molecule is C=CC(=O)Sc1ccc(C(=O)Oc2ccc(SC(=O)C(=C)C)c(C)c2)cc1. The van der Waals surface area contributed by atoms with E-state index >= 15 is 0 Å². The average molecular weight is 399 g/mol. The zero-order valence-electron chi connectivity index (χ0n) is 15.0. The standard InChI is InChI=1S/C21H18O4S2/c1-5-19(22)26-17-9-6-15(7-10-17)20(23)25-16-8-11-18(14(4)12-16)27-21(24)13(2)3/h5-12H,1-2H2,3-4H3. The minimum absolute atomic E-state index is 0.101. The summed E-state index contributed by atoms with van der Waals surface area (Å²) < 4.78 is 5.39. The molecule has 6 heteroatoms. The molecule has 0 spiro atoms. The first kappa shape index (κ1) is 20.7. The molecule has 2 rings (SSSR count). The Morgan fingerprint density at radius 3 is 2.26 bits per heavy atom. The molecule has 0 saturated carbocycles. The Morgan fingerprint density at radius 2 is 1.70 bits per heavy atom. The molecule has 2 aromatic carbocycles. The fourth-order valence-electron chi connectivity index (χ4n) is 1.97. The lowest BCUT2D eigenvalue weighted by Gasteiger charge is -2.09. The monoisotopic (exact) mass is 398 g/mol. The van der Waals surface area contributed by atoms with E-state index in [1.165, 1.54) is 6.08 Å². The number of hydrogen-bond donors (Lipinski definition) is 0. The van der Waals surface area contributed by atoms with E-state index in [1.54, 1.807) is 49.4 Å². The predicted molar refractivity (Wildman–Crippen MR) is 109 cm³/mol. The largest absolute Gasteiger partial charge is 0.423 e. The van der Waals surface area contributed by atoms with Crippen LogP contribution >= 0.6 is 23.5 Å². The Hall–Kier alpha value is -2.57. The number of benzene rings is 2. The lowest BCUT2D eigenvalue weighted by molar-refractivity contribution is -0.108. The van der Waals surface area contributed by atoms with Crippen molar-refractivity contribution in [3.05, 3.63) is 78.4 Å². The van der Waals surface area contributed by atoms with Gasteiger partial charge < -0.3 is 4.74 Å². The van der Waals surface area contributed by atoms with Crippen LogP contribution in [0.25, 0.3) is 0 Å². The molecular formula is C21H18O4S2. The van der Waals surface area contributed by atoms with Gasteiger partial charge >= 0.3 is 5.97 Å². The van der Waals surface area contributed by atoms with Crippen LogP contribution in [0, 0.1) is 6.92 Å². The van der Waals surface area contributed by atoms with Gasteiger partial charge in [-0.3, -0.25) is 9.59 Å². The molecule has 2 aromatic rings. The predicted octanol–water partition coefficient (Wildman–Crippen LogP) is 5.21.